The molecule has 4 rings (SSSR count). The number of ether oxygens (including phenoxy) is 3. The van der Waals surface area contributed by atoms with Crippen LogP contribution >= 0.6 is 0 Å². The predicted octanol–water partition coefficient (Wildman–Crippen LogP) is 6.36. The van der Waals surface area contributed by atoms with E-state index in [2.05, 4.69) is 4.90 Å². The number of hydrogen-bond donors (Lipinski definition) is 0. The zero-order chi connectivity index (χ0) is 28.5. The van der Waals surface area contributed by atoms with Crippen LogP contribution in [0.1, 0.15) is 108 Å². The lowest BCUT2D eigenvalue weighted by Gasteiger charge is -2.40. The molecule has 0 bridgehead atoms. The molecular weight excluding hydrogens is 508 g/mol. The average molecular weight is 557 g/mol. The first-order valence-corrected chi connectivity index (χ1v) is 15.4. The lowest BCUT2D eigenvalue weighted by Crippen LogP contribution is -2.51. The third kappa shape index (κ3) is 9.13. The molecule has 3 aliphatic rings. The monoisotopic (exact) mass is 556 g/mol. The van der Waals surface area contributed by atoms with Gasteiger partial charge in [-0.1, -0.05) is 25.7 Å². The highest BCUT2D eigenvalue weighted by molar-refractivity contribution is 5.94. The van der Waals surface area contributed by atoms with Gasteiger partial charge in [0, 0.05) is 31.2 Å². The molecule has 3 fully saturated rings. The topological polar surface area (TPSA) is 85.4 Å². The summed E-state index contributed by atoms with van der Waals surface area (Å²) in [5.41, 5.74) is 0.0881. The summed E-state index contributed by atoms with van der Waals surface area (Å²) < 4.78 is 16.8. The van der Waals surface area contributed by atoms with E-state index in [4.69, 9.17) is 14.2 Å². The van der Waals surface area contributed by atoms with Crippen molar-refractivity contribution in [2.75, 3.05) is 26.2 Å². The molecule has 2 aliphatic carbocycles. The van der Waals surface area contributed by atoms with Crippen LogP contribution in [0, 0.1) is 5.92 Å². The van der Waals surface area contributed by atoms with Crippen LogP contribution in [0.2, 0.25) is 0 Å². The molecule has 2 amide bonds. The summed E-state index contributed by atoms with van der Waals surface area (Å²) in [7, 11) is 0. The van der Waals surface area contributed by atoms with Gasteiger partial charge in [-0.3, -0.25) is 4.79 Å². The summed E-state index contributed by atoms with van der Waals surface area (Å²) in [6.07, 6.45) is 12.5. The molecule has 1 aromatic carbocycles. The molecule has 8 nitrogen and oxygen atoms in total. The van der Waals surface area contributed by atoms with E-state index in [1.165, 1.54) is 25.7 Å². The smallest absolute Gasteiger partial charge is 0.410 e. The maximum atomic E-state index is 13.8. The SMILES string of the molecule is CC(C)(C)OC(=O)N1CCC(N(CC2CCCCC2)C(=O)c2ccc(OCC(=O)OC3CCCCC3)cc2)CC1. The van der Waals surface area contributed by atoms with Crippen LogP contribution in [-0.4, -0.2) is 71.8 Å². The van der Waals surface area contributed by atoms with Crippen LogP contribution in [-0.2, 0) is 14.3 Å². The summed E-state index contributed by atoms with van der Waals surface area (Å²) in [4.78, 5) is 42.4. The van der Waals surface area contributed by atoms with E-state index >= 15 is 0 Å². The van der Waals surface area contributed by atoms with E-state index in [0.29, 0.717) is 30.3 Å². The zero-order valence-electron chi connectivity index (χ0n) is 24.7. The molecule has 0 atom stereocenters. The highest BCUT2D eigenvalue weighted by atomic mass is 16.6. The number of hydrogen-bond acceptors (Lipinski definition) is 6. The Morgan fingerprint density at radius 3 is 2.05 bits per heavy atom. The Morgan fingerprint density at radius 2 is 1.45 bits per heavy atom. The normalized spacial score (nSPS) is 19.6. The molecule has 1 heterocycles. The minimum atomic E-state index is -0.525. The highest BCUT2D eigenvalue weighted by Crippen LogP contribution is 2.29. The Labute approximate surface area is 239 Å². The fourth-order valence-corrected chi connectivity index (χ4v) is 6.14. The first kappa shape index (κ1) is 30.2. The maximum Gasteiger partial charge on any atom is 0.410 e. The fraction of sp³-hybridized carbons (Fsp3) is 0.719. The molecule has 0 unspecified atom stereocenters. The van der Waals surface area contributed by atoms with Crippen molar-refractivity contribution in [1.29, 1.82) is 0 Å². The largest absolute Gasteiger partial charge is 0.482 e. The number of nitrogens with zero attached hydrogens (tertiary/aromatic N) is 2. The number of carbonyl (C=O) groups excluding carboxylic acids is 3. The lowest BCUT2D eigenvalue weighted by atomic mass is 9.88. The number of rotatable bonds is 8. The van der Waals surface area contributed by atoms with E-state index < -0.39 is 5.60 Å². The van der Waals surface area contributed by atoms with Crippen LogP contribution in [0.4, 0.5) is 4.79 Å². The van der Waals surface area contributed by atoms with E-state index in [1.807, 2.05) is 20.8 Å². The van der Waals surface area contributed by atoms with E-state index in [1.54, 1.807) is 29.2 Å². The molecule has 0 radical (unpaired) electrons. The van der Waals surface area contributed by atoms with Gasteiger partial charge in [0.1, 0.15) is 17.5 Å². The van der Waals surface area contributed by atoms with Gasteiger partial charge in [0.25, 0.3) is 5.91 Å². The van der Waals surface area contributed by atoms with Gasteiger partial charge in [-0.25, -0.2) is 9.59 Å². The zero-order valence-corrected chi connectivity index (χ0v) is 24.7. The molecule has 2 saturated carbocycles. The quantitative estimate of drug-likeness (QED) is 0.346. The molecule has 0 aromatic heterocycles. The van der Waals surface area contributed by atoms with Crippen molar-refractivity contribution in [3.63, 3.8) is 0 Å². The van der Waals surface area contributed by atoms with Crippen molar-refractivity contribution in [2.45, 2.75) is 116 Å². The minimum Gasteiger partial charge on any atom is -0.482 e. The van der Waals surface area contributed by atoms with Crippen molar-refractivity contribution in [1.82, 2.24) is 9.80 Å². The summed E-state index contributed by atoms with van der Waals surface area (Å²) >= 11 is 0. The third-order valence-corrected chi connectivity index (χ3v) is 8.31. The van der Waals surface area contributed by atoms with E-state index in [9.17, 15) is 14.4 Å². The van der Waals surface area contributed by atoms with Gasteiger partial charge >= 0.3 is 12.1 Å². The Bertz CT molecular complexity index is 968. The lowest BCUT2D eigenvalue weighted by molar-refractivity contribution is -0.152. The van der Waals surface area contributed by atoms with Crippen molar-refractivity contribution in [2.24, 2.45) is 5.92 Å². The molecule has 8 heteroatoms. The maximum absolute atomic E-state index is 13.8. The second-order valence-electron chi connectivity index (χ2n) is 12.7. The van der Waals surface area contributed by atoms with Crippen LogP contribution in [0.5, 0.6) is 5.75 Å². The van der Waals surface area contributed by atoms with E-state index in [-0.39, 0.29) is 36.7 Å². The summed E-state index contributed by atoms with van der Waals surface area (Å²) in [5, 5.41) is 0. The van der Waals surface area contributed by atoms with Crippen molar-refractivity contribution in [3.8, 4) is 5.75 Å². The fourth-order valence-electron chi connectivity index (χ4n) is 6.14. The average Bonchev–Trinajstić information content (AvgIpc) is 2.95. The highest BCUT2D eigenvalue weighted by Gasteiger charge is 2.33. The Morgan fingerprint density at radius 1 is 0.850 bits per heavy atom. The molecule has 1 aliphatic heterocycles. The van der Waals surface area contributed by atoms with Gasteiger partial charge in [0.05, 0.1) is 0 Å². The van der Waals surface area contributed by atoms with Crippen LogP contribution in [0.25, 0.3) is 0 Å². The van der Waals surface area contributed by atoms with Gasteiger partial charge in [0.2, 0.25) is 0 Å². The number of carbonyl (C=O) groups is 3. The van der Waals surface area contributed by atoms with Gasteiger partial charge in [-0.15, -0.1) is 0 Å². The first-order chi connectivity index (χ1) is 19.2. The number of amides is 2. The molecule has 0 N–H and O–H groups in total. The predicted molar refractivity (Wildman–Crippen MR) is 153 cm³/mol. The Balaban J connectivity index is 1.34. The Hall–Kier alpha value is -2.77. The molecule has 40 heavy (non-hydrogen) atoms. The van der Waals surface area contributed by atoms with Crippen LogP contribution in [0.15, 0.2) is 24.3 Å². The second-order valence-corrected chi connectivity index (χ2v) is 12.7. The second kappa shape index (κ2) is 14.2. The van der Waals surface area contributed by atoms with Gasteiger partial charge in [0.15, 0.2) is 6.61 Å². The minimum absolute atomic E-state index is 0.0102. The standard InChI is InChI=1S/C32H48N2O6/c1-32(2,3)40-31(37)33-20-18-26(19-21-33)34(22-24-10-6-4-7-11-24)30(36)25-14-16-27(17-15-25)38-23-29(35)39-28-12-8-5-9-13-28/h14-17,24,26,28H,4-13,18-23H2,1-3H3. The first-order valence-electron chi connectivity index (χ1n) is 15.4. The number of likely N-dealkylation sites (tertiary alicyclic amines) is 1. The number of piperidine rings is 1. The van der Waals surface area contributed by atoms with Gasteiger partial charge in [-0.2, -0.15) is 0 Å². The van der Waals surface area contributed by atoms with Gasteiger partial charge < -0.3 is 24.0 Å². The third-order valence-electron chi connectivity index (χ3n) is 8.31. The molecule has 222 valence electrons. The summed E-state index contributed by atoms with van der Waals surface area (Å²) in [6, 6.07) is 7.16. The van der Waals surface area contributed by atoms with Crippen molar-refractivity contribution < 1.29 is 28.6 Å². The summed E-state index contributed by atoms with van der Waals surface area (Å²) in [6.45, 7) is 7.41. The molecule has 1 aromatic rings. The van der Waals surface area contributed by atoms with Crippen LogP contribution in [0.3, 0.4) is 0 Å². The molecular formula is C32H48N2O6. The Kier molecular flexibility index (Phi) is 10.7. The van der Waals surface area contributed by atoms with Crippen molar-refractivity contribution >= 4 is 18.0 Å². The number of benzene rings is 1. The summed E-state index contributed by atoms with van der Waals surface area (Å²) in [5.74, 6) is 0.731. The number of esters is 1. The molecule has 1 saturated heterocycles. The van der Waals surface area contributed by atoms with Crippen molar-refractivity contribution in [3.05, 3.63) is 29.8 Å². The van der Waals surface area contributed by atoms with Gasteiger partial charge in [-0.05, 0) is 102 Å². The van der Waals surface area contributed by atoms with E-state index in [0.717, 1.165) is 57.9 Å². The molecule has 0 spiro atoms. The van der Waals surface area contributed by atoms with Crippen LogP contribution < -0.4 is 4.74 Å².